The highest BCUT2D eigenvalue weighted by Crippen LogP contribution is 2.35. The lowest BCUT2D eigenvalue weighted by molar-refractivity contribution is 0.0316. The van der Waals surface area contributed by atoms with Gasteiger partial charge in [0.15, 0.2) is 12.0 Å². The topological polar surface area (TPSA) is 60.0 Å². The summed E-state index contributed by atoms with van der Waals surface area (Å²) in [5.41, 5.74) is 0.669. The fourth-order valence-electron chi connectivity index (χ4n) is 3.32. The van der Waals surface area contributed by atoms with Crippen LogP contribution in [0.4, 0.5) is 4.79 Å². The molecule has 0 atom stereocenters. The molecule has 122 valence electrons. The monoisotopic (exact) mass is 316 g/mol. The lowest BCUT2D eigenvalue weighted by Crippen LogP contribution is -2.44. The number of nitrogens with one attached hydrogen (secondary N) is 1. The van der Waals surface area contributed by atoms with E-state index in [0.717, 1.165) is 44.3 Å². The zero-order valence-electron chi connectivity index (χ0n) is 12.9. The molecule has 2 fully saturated rings. The Kier molecular flexibility index (Phi) is 3.61. The highest BCUT2D eigenvalue weighted by Gasteiger charge is 2.48. The Labute approximate surface area is 135 Å². The van der Waals surface area contributed by atoms with Crippen LogP contribution in [0.2, 0.25) is 0 Å². The van der Waals surface area contributed by atoms with Crippen LogP contribution in [0.25, 0.3) is 0 Å². The fraction of sp³-hybridized carbons (Fsp3) is 0.471. The van der Waals surface area contributed by atoms with Crippen molar-refractivity contribution in [1.29, 1.82) is 0 Å². The van der Waals surface area contributed by atoms with Crippen molar-refractivity contribution in [3.63, 3.8) is 0 Å². The molecule has 4 rings (SSSR count). The van der Waals surface area contributed by atoms with E-state index in [9.17, 15) is 4.79 Å². The third kappa shape index (κ3) is 2.74. The number of carbonyl (C=O) groups excluding carboxylic acids is 1. The highest BCUT2D eigenvalue weighted by atomic mass is 16.6. The van der Waals surface area contributed by atoms with E-state index >= 15 is 0 Å². The molecule has 6 nitrogen and oxygen atoms in total. The van der Waals surface area contributed by atoms with Crippen LogP contribution >= 0.6 is 0 Å². The van der Waals surface area contributed by atoms with Crippen molar-refractivity contribution in [3.05, 3.63) is 48.0 Å². The first kappa shape index (κ1) is 14.4. The van der Waals surface area contributed by atoms with Crippen molar-refractivity contribution >= 4 is 6.09 Å². The summed E-state index contributed by atoms with van der Waals surface area (Å²) in [5, 5.41) is 3.29. The SMILES string of the molecule is O=C1OC2(CCNCC2)CN1C1=COC=C(C2=CC=CCC2)O1. The quantitative estimate of drug-likeness (QED) is 0.848. The Hall–Kier alpha value is -2.21. The number of allylic oxidation sites excluding steroid dienone is 4. The van der Waals surface area contributed by atoms with Gasteiger partial charge < -0.3 is 19.5 Å². The molecule has 1 spiro atoms. The van der Waals surface area contributed by atoms with E-state index in [1.54, 1.807) is 6.26 Å². The molecule has 2 saturated heterocycles. The molecule has 3 aliphatic heterocycles. The number of amides is 1. The normalized spacial score (nSPS) is 26.0. The van der Waals surface area contributed by atoms with Crippen LogP contribution in [0.3, 0.4) is 0 Å². The first-order chi connectivity index (χ1) is 11.3. The first-order valence-electron chi connectivity index (χ1n) is 8.07. The van der Waals surface area contributed by atoms with Crippen LogP contribution < -0.4 is 5.32 Å². The van der Waals surface area contributed by atoms with E-state index in [-0.39, 0.29) is 6.09 Å². The van der Waals surface area contributed by atoms with E-state index < -0.39 is 5.60 Å². The van der Waals surface area contributed by atoms with Gasteiger partial charge in [-0.2, -0.15) is 0 Å². The van der Waals surface area contributed by atoms with E-state index in [2.05, 4.69) is 11.4 Å². The summed E-state index contributed by atoms with van der Waals surface area (Å²) in [7, 11) is 0. The molecule has 0 radical (unpaired) electrons. The summed E-state index contributed by atoms with van der Waals surface area (Å²) in [6.45, 7) is 2.23. The summed E-state index contributed by atoms with van der Waals surface area (Å²) in [6, 6.07) is 0. The van der Waals surface area contributed by atoms with E-state index in [1.807, 2.05) is 12.2 Å². The maximum absolute atomic E-state index is 12.3. The summed E-state index contributed by atoms with van der Waals surface area (Å²) in [4.78, 5) is 13.8. The average Bonchev–Trinajstić information content (AvgIpc) is 2.92. The van der Waals surface area contributed by atoms with Gasteiger partial charge in [-0.1, -0.05) is 18.2 Å². The zero-order chi connectivity index (χ0) is 15.7. The van der Waals surface area contributed by atoms with Gasteiger partial charge in [0.05, 0.1) is 6.54 Å². The summed E-state index contributed by atoms with van der Waals surface area (Å²) in [6.07, 6.45) is 12.3. The van der Waals surface area contributed by atoms with E-state index in [0.29, 0.717) is 18.2 Å². The number of piperidine rings is 1. The van der Waals surface area contributed by atoms with Gasteiger partial charge >= 0.3 is 6.09 Å². The Balaban J connectivity index is 1.48. The lowest BCUT2D eigenvalue weighted by atomic mass is 9.92. The average molecular weight is 316 g/mol. The molecular weight excluding hydrogens is 296 g/mol. The number of hydrogen-bond acceptors (Lipinski definition) is 5. The number of carbonyl (C=O) groups is 1. The number of hydrogen-bond donors (Lipinski definition) is 1. The van der Waals surface area contributed by atoms with Gasteiger partial charge in [-0.15, -0.1) is 0 Å². The van der Waals surface area contributed by atoms with E-state index in [1.165, 1.54) is 11.2 Å². The molecule has 1 N–H and O–H groups in total. The predicted molar refractivity (Wildman–Crippen MR) is 82.8 cm³/mol. The minimum absolute atomic E-state index is 0.361. The van der Waals surface area contributed by atoms with Crippen LogP contribution in [0.15, 0.2) is 48.0 Å². The number of ether oxygens (including phenoxy) is 3. The maximum atomic E-state index is 12.3. The second kappa shape index (κ2) is 5.77. The van der Waals surface area contributed by atoms with Gasteiger partial charge in [0, 0.05) is 12.8 Å². The molecule has 6 heteroatoms. The third-order valence-electron chi connectivity index (χ3n) is 4.64. The molecule has 0 saturated carbocycles. The van der Waals surface area contributed by atoms with Crippen molar-refractivity contribution in [3.8, 4) is 0 Å². The predicted octanol–water partition coefficient (Wildman–Crippen LogP) is 2.52. The van der Waals surface area contributed by atoms with Crippen LogP contribution in [-0.2, 0) is 14.2 Å². The molecule has 1 aliphatic carbocycles. The van der Waals surface area contributed by atoms with E-state index in [4.69, 9.17) is 14.2 Å². The van der Waals surface area contributed by atoms with Crippen LogP contribution in [-0.4, -0.2) is 36.2 Å². The van der Waals surface area contributed by atoms with Crippen molar-refractivity contribution < 1.29 is 19.0 Å². The number of rotatable bonds is 2. The van der Waals surface area contributed by atoms with Gasteiger partial charge in [0.25, 0.3) is 0 Å². The Bertz CT molecular complexity index is 627. The molecule has 4 aliphatic rings. The highest BCUT2D eigenvalue weighted by molar-refractivity contribution is 5.72. The van der Waals surface area contributed by atoms with Crippen molar-refractivity contribution in [2.75, 3.05) is 19.6 Å². The van der Waals surface area contributed by atoms with Gasteiger partial charge in [-0.05, 0) is 31.5 Å². The smallest absolute Gasteiger partial charge is 0.417 e. The molecular formula is C17H20N2O4. The minimum Gasteiger partial charge on any atom is -0.463 e. The first-order valence-corrected chi connectivity index (χ1v) is 8.07. The summed E-state index contributed by atoms with van der Waals surface area (Å²) in [5.74, 6) is 1.06. The third-order valence-corrected chi connectivity index (χ3v) is 4.64. The Morgan fingerprint density at radius 1 is 1.22 bits per heavy atom. The lowest BCUT2D eigenvalue weighted by Gasteiger charge is -2.31. The minimum atomic E-state index is -0.402. The van der Waals surface area contributed by atoms with Gasteiger partial charge in [0.1, 0.15) is 11.9 Å². The zero-order valence-corrected chi connectivity index (χ0v) is 12.9. The van der Waals surface area contributed by atoms with Crippen LogP contribution in [0, 0.1) is 0 Å². The largest absolute Gasteiger partial charge is 0.463 e. The fourth-order valence-corrected chi connectivity index (χ4v) is 3.32. The van der Waals surface area contributed by atoms with Crippen molar-refractivity contribution in [2.24, 2.45) is 0 Å². The molecule has 3 heterocycles. The molecule has 0 unspecified atom stereocenters. The standard InChI is InChI=1S/C17H20N2O4/c20-16-19(12-17(23-16)6-8-18-9-7-17)15-11-21-10-14(22-15)13-4-2-1-3-5-13/h1-2,4,10-11,18H,3,5-9,12H2. The van der Waals surface area contributed by atoms with Crippen LogP contribution in [0.5, 0.6) is 0 Å². The van der Waals surface area contributed by atoms with Crippen LogP contribution in [0.1, 0.15) is 25.7 Å². The second-order valence-corrected chi connectivity index (χ2v) is 6.22. The van der Waals surface area contributed by atoms with Crippen molar-refractivity contribution in [1.82, 2.24) is 10.2 Å². The molecule has 0 aromatic heterocycles. The molecule has 0 aromatic rings. The maximum Gasteiger partial charge on any atom is 0.417 e. The summed E-state index contributed by atoms with van der Waals surface area (Å²) < 4.78 is 17.0. The van der Waals surface area contributed by atoms with Gasteiger partial charge in [-0.25, -0.2) is 9.69 Å². The molecule has 0 aromatic carbocycles. The van der Waals surface area contributed by atoms with Crippen molar-refractivity contribution in [2.45, 2.75) is 31.3 Å². The summed E-state index contributed by atoms with van der Waals surface area (Å²) >= 11 is 0. The Morgan fingerprint density at radius 3 is 2.87 bits per heavy atom. The molecule has 23 heavy (non-hydrogen) atoms. The molecule has 0 bridgehead atoms. The number of nitrogens with zero attached hydrogens (tertiary/aromatic N) is 1. The second-order valence-electron chi connectivity index (χ2n) is 6.22. The van der Waals surface area contributed by atoms with Gasteiger partial charge in [-0.3, -0.25) is 0 Å². The van der Waals surface area contributed by atoms with Gasteiger partial charge in [0.2, 0.25) is 5.88 Å². The Morgan fingerprint density at radius 2 is 2.09 bits per heavy atom. The molecule has 1 amide bonds.